The smallest absolute Gasteiger partial charge is 0.119 e. The molecule has 0 radical (unpaired) electrons. The van der Waals surface area contributed by atoms with Crippen molar-refractivity contribution < 1.29 is 4.74 Å². The molecular formula is C15H25NOS. The van der Waals surface area contributed by atoms with Crippen molar-refractivity contribution in [1.82, 2.24) is 5.32 Å². The number of nitrogens with one attached hydrogen (secondary N) is 1. The van der Waals surface area contributed by atoms with E-state index in [1.807, 2.05) is 18.7 Å². The lowest BCUT2D eigenvalue weighted by molar-refractivity contribution is 0.340. The second kappa shape index (κ2) is 8.44. The summed E-state index contributed by atoms with van der Waals surface area (Å²) in [6, 6.07) is 8.88. The lowest BCUT2D eigenvalue weighted by Gasteiger charge is -2.19. The lowest BCUT2D eigenvalue weighted by Crippen LogP contribution is -2.23. The summed E-state index contributed by atoms with van der Waals surface area (Å²) in [6.07, 6.45) is 0. The topological polar surface area (TPSA) is 21.3 Å². The normalized spacial score (nSPS) is 12.7. The fourth-order valence-corrected chi connectivity index (χ4v) is 2.66. The molecule has 0 spiro atoms. The Balaban J connectivity index is 2.65. The Labute approximate surface area is 116 Å². The summed E-state index contributed by atoms with van der Waals surface area (Å²) in [5.41, 5.74) is 1.34. The Morgan fingerprint density at radius 3 is 2.33 bits per heavy atom. The maximum atomic E-state index is 5.47. The van der Waals surface area contributed by atoms with Crippen LogP contribution in [0.1, 0.15) is 39.3 Å². The van der Waals surface area contributed by atoms with Gasteiger partial charge in [0.05, 0.1) is 6.61 Å². The van der Waals surface area contributed by atoms with Crippen molar-refractivity contribution in [2.75, 3.05) is 18.9 Å². The van der Waals surface area contributed by atoms with Crippen molar-refractivity contribution in [2.45, 2.75) is 39.0 Å². The van der Waals surface area contributed by atoms with E-state index in [2.05, 4.69) is 50.4 Å². The highest BCUT2D eigenvalue weighted by atomic mass is 32.2. The molecule has 0 amide bonds. The maximum Gasteiger partial charge on any atom is 0.119 e. The third-order valence-electron chi connectivity index (χ3n) is 2.64. The van der Waals surface area contributed by atoms with Gasteiger partial charge in [-0.3, -0.25) is 0 Å². The number of rotatable bonds is 8. The number of thioether (sulfide) groups is 1. The molecule has 0 fully saturated rings. The molecule has 1 N–H and O–H groups in total. The summed E-state index contributed by atoms with van der Waals surface area (Å²) >= 11 is 1.99. The van der Waals surface area contributed by atoms with Gasteiger partial charge in [0.1, 0.15) is 5.75 Å². The van der Waals surface area contributed by atoms with Crippen molar-refractivity contribution in [3.05, 3.63) is 29.8 Å². The first kappa shape index (κ1) is 15.4. The van der Waals surface area contributed by atoms with Crippen LogP contribution in [-0.4, -0.2) is 24.2 Å². The summed E-state index contributed by atoms with van der Waals surface area (Å²) in [5.74, 6) is 2.06. The first-order valence-electron chi connectivity index (χ1n) is 6.75. The summed E-state index contributed by atoms with van der Waals surface area (Å²) in [5, 5.41) is 4.22. The minimum atomic E-state index is 0.429. The second-order valence-electron chi connectivity index (χ2n) is 4.49. The highest BCUT2D eigenvalue weighted by Gasteiger charge is 2.11. The monoisotopic (exact) mass is 267 g/mol. The van der Waals surface area contributed by atoms with Crippen LogP contribution in [0, 0.1) is 0 Å². The molecule has 102 valence electrons. The van der Waals surface area contributed by atoms with Crippen molar-refractivity contribution >= 4 is 11.8 Å². The van der Waals surface area contributed by atoms with E-state index in [9.17, 15) is 0 Å². The Kier molecular flexibility index (Phi) is 7.21. The van der Waals surface area contributed by atoms with Crippen molar-refractivity contribution in [1.29, 1.82) is 0 Å². The number of ether oxygens (including phenoxy) is 1. The summed E-state index contributed by atoms with van der Waals surface area (Å²) in [4.78, 5) is 0. The third kappa shape index (κ3) is 5.32. The van der Waals surface area contributed by atoms with E-state index in [1.54, 1.807) is 0 Å². The van der Waals surface area contributed by atoms with Crippen LogP contribution < -0.4 is 10.1 Å². The predicted molar refractivity (Wildman–Crippen MR) is 81.6 cm³/mol. The Hall–Kier alpha value is -0.670. The van der Waals surface area contributed by atoms with Gasteiger partial charge < -0.3 is 10.1 Å². The average Bonchev–Trinajstić information content (AvgIpc) is 2.36. The third-order valence-corrected chi connectivity index (χ3v) is 3.83. The molecule has 1 rings (SSSR count). The van der Waals surface area contributed by atoms with Gasteiger partial charge in [-0.15, -0.1) is 0 Å². The number of benzene rings is 1. The van der Waals surface area contributed by atoms with Gasteiger partial charge in [0, 0.05) is 11.8 Å². The minimum absolute atomic E-state index is 0.429. The van der Waals surface area contributed by atoms with E-state index < -0.39 is 0 Å². The molecule has 0 bridgehead atoms. The van der Waals surface area contributed by atoms with Gasteiger partial charge >= 0.3 is 0 Å². The van der Waals surface area contributed by atoms with Gasteiger partial charge in [-0.25, -0.2) is 0 Å². The van der Waals surface area contributed by atoms with E-state index in [0.717, 1.165) is 24.7 Å². The van der Waals surface area contributed by atoms with Gasteiger partial charge in [-0.05, 0) is 36.4 Å². The molecule has 2 nitrogen and oxygen atoms in total. The summed E-state index contributed by atoms with van der Waals surface area (Å²) < 4.78 is 5.47. The molecule has 0 heterocycles. The second-order valence-corrected chi connectivity index (χ2v) is 6.10. The van der Waals surface area contributed by atoms with Crippen LogP contribution in [0.25, 0.3) is 0 Å². The van der Waals surface area contributed by atoms with Crippen LogP contribution in [0.15, 0.2) is 24.3 Å². The molecule has 0 aliphatic heterocycles. The molecule has 1 aromatic carbocycles. The van der Waals surface area contributed by atoms with E-state index in [0.29, 0.717) is 11.3 Å². The molecule has 0 saturated heterocycles. The zero-order valence-corrected chi connectivity index (χ0v) is 12.7. The first-order valence-corrected chi connectivity index (χ1v) is 7.80. The Bertz CT molecular complexity index is 324. The molecule has 1 unspecified atom stereocenters. The first-order chi connectivity index (χ1) is 8.67. The standard InChI is InChI=1S/C15H25NOS/c1-5-16-15(11-18-12(3)4)13-7-9-14(10-8-13)17-6-2/h7-10,12,15-16H,5-6,11H2,1-4H3. The van der Waals surface area contributed by atoms with Crippen molar-refractivity contribution in [3.8, 4) is 5.75 Å². The lowest BCUT2D eigenvalue weighted by atomic mass is 10.1. The number of hydrogen-bond donors (Lipinski definition) is 1. The van der Waals surface area contributed by atoms with E-state index in [-0.39, 0.29) is 0 Å². The maximum absolute atomic E-state index is 5.47. The minimum Gasteiger partial charge on any atom is -0.494 e. The highest BCUT2D eigenvalue weighted by Crippen LogP contribution is 2.23. The fraction of sp³-hybridized carbons (Fsp3) is 0.600. The van der Waals surface area contributed by atoms with Gasteiger partial charge in [0.25, 0.3) is 0 Å². The van der Waals surface area contributed by atoms with E-state index in [4.69, 9.17) is 4.74 Å². The van der Waals surface area contributed by atoms with Crippen LogP contribution in [-0.2, 0) is 0 Å². The largest absolute Gasteiger partial charge is 0.494 e. The van der Waals surface area contributed by atoms with Crippen LogP contribution in [0.2, 0.25) is 0 Å². The molecule has 0 saturated carbocycles. The van der Waals surface area contributed by atoms with Crippen molar-refractivity contribution in [3.63, 3.8) is 0 Å². The van der Waals surface area contributed by atoms with Crippen LogP contribution in [0.5, 0.6) is 5.75 Å². The summed E-state index contributed by atoms with van der Waals surface area (Å²) in [7, 11) is 0. The van der Waals surface area contributed by atoms with Gasteiger partial charge in [-0.1, -0.05) is 32.9 Å². The molecular weight excluding hydrogens is 242 g/mol. The zero-order valence-electron chi connectivity index (χ0n) is 11.9. The van der Waals surface area contributed by atoms with Crippen LogP contribution in [0.4, 0.5) is 0 Å². The quantitative estimate of drug-likeness (QED) is 0.772. The molecule has 1 aromatic rings. The molecule has 1 atom stereocenters. The molecule has 0 aromatic heterocycles. The average molecular weight is 267 g/mol. The predicted octanol–water partition coefficient (Wildman–Crippen LogP) is 3.88. The Morgan fingerprint density at radius 1 is 1.17 bits per heavy atom. The van der Waals surface area contributed by atoms with E-state index in [1.165, 1.54) is 5.56 Å². The molecule has 18 heavy (non-hydrogen) atoms. The molecule has 0 aliphatic carbocycles. The van der Waals surface area contributed by atoms with Crippen molar-refractivity contribution in [2.24, 2.45) is 0 Å². The van der Waals surface area contributed by atoms with Crippen LogP contribution >= 0.6 is 11.8 Å². The molecule has 0 aliphatic rings. The Morgan fingerprint density at radius 2 is 1.83 bits per heavy atom. The molecule has 3 heteroatoms. The fourth-order valence-electron chi connectivity index (χ4n) is 1.77. The van der Waals surface area contributed by atoms with Gasteiger partial charge in [0.15, 0.2) is 0 Å². The van der Waals surface area contributed by atoms with Crippen LogP contribution in [0.3, 0.4) is 0 Å². The highest BCUT2D eigenvalue weighted by molar-refractivity contribution is 7.99. The zero-order chi connectivity index (χ0) is 13.4. The van der Waals surface area contributed by atoms with Gasteiger partial charge in [-0.2, -0.15) is 11.8 Å². The van der Waals surface area contributed by atoms with E-state index >= 15 is 0 Å². The number of hydrogen-bond acceptors (Lipinski definition) is 3. The van der Waals surface area contributed by atoms with Gasteiger partial charge in [0.2, 0.25) is 0 Å². The SMILES string of the molecule is CCNC(CSC(C)C)c1ccc(OCC)cc1. The summed E-state index contributed by atoms with van der Waals surface area (Å²) in [6.45, 7) is 10.4.